The van der Waals surface area contributed by atoms with E-state index in [2.05, 4.69) is 0 Å². The zero-order valence-corrected chi connectivity index (χ0v) is 7.81. The van der Waals surface area contributed by atoms with Crippen LogP contribution in [-0.4, -0.2) is 14.7 Å². The second kappa shape index (κ2) is 3.82. The molecule has 0 aromatic heterocycles. The Labute approximate surface area is 75.9 Å². The molecule has 72 valence electrons. The van der Waals surface area contributed by atoms with Crippen LogP contribution in [0, 0.1) is 0 Å². The highest BCUT2D eigenvalue weighted by Gasteiger charge is 2.16. The lowest BCUT2D eigenvalue weighted by atomic mass is 10.3. The van der Waals surface area contributed by atoms with Crippen LogP contribution in [0.5, 0.6) is 0 Å². The summed E-state index contributed by atoms with van der Waals surface area (Å²) in [5, 5.41) is -0.858. The minimum Gasteiger partial charge on any atom is -0.208 e. The molecular weight excluding hydrogens is 195 g/mol. The zero-order chi connectivity index (χ0) is 9.90. The van der Waals surface area contributed by atoms with Gasteiger partial charge in [0, 0.05) is 16.6 Å². The molecule has 4 nitrogen and oxygen atoms in total. The second-order valence-electron chi connectivity index (χ2n) is 2.55. The number of rotatable bonds is 3. The van der Waals surface area contributed by atoms with Gasteiger partial charge in [-0.05, 0) is 10.1 Å². The Morgan fingerprint density at radius 1 is 1.31 bits per heavy atom. The van der Waals surface area contributed by atoms with Crippen LogP contribution in [0.1, 0.15) is 0 Å². The summed E-state index contributed by atoms with van der Waals surface area (Å²) < 4.78 is 34.3. The molecule has 1 aromatic rings. The third kappa shape index (κ3) is 3.49. The van der Waals surface area contributed by atoms with Gasteiger partial charge in [0.1, 0.15) is 0 Å². The standard InChI is InChI=1S/C7H9FN2O2S/c1-13(11,12)9-10(8)7-5-3-2-4-6-7/h2-6,9H,1H3/p+1. The predicted octanol–water partition coefficient (Wildman–Crippen LogP) is -0.448. The van der Waals surface area contributed by atoms with Gasteiger partial charge in [-0.3, -0.25) is 0 Å². The molecule has 0 aliphatic carbocycles. The summed E-state index contributed by atoms with van der Waals surface area (Å²) in [6.07, 6.45) is 0.898. The molecule has 2 N–H and O–H groups in total. The smallest absolute Gasteiger partial charge is 0.208 e. The number of sulfonamides is 1. The first-order valence-electron chi connectivity index (χ1n) is 3.55. The number of quaternary nitrogens is 1. The second-order valence-corrected chi connectivity index (χ2v) is 4.30. The van der Waals surface area contributed by atoms with Crippen LogP contribution in [0.3, 0.4) is 0 Å². The van der Waals surface area contributed by atoms with Crippen molar-refractivity contribution in [2.24, 2.45) is 0 Å². The van der Waals surface area contributed by atoms with Crippen molar-refractivity contribution < 1.29 is 18.1 Å². The van der Waals surface area contributed by atoms with E-state index in [9.17, 15) is 12.9 Å². The SMILES string of the molecule is CS(=O)(=O)N[NH+](F)c1ccccc1. The Morgan fingerprint density at radius 3 is 2.31 bits per heavy atom. The normalized spacial score (nSPS) is 14.0. The summed E-state index contributed by atoms with van der Waals surface area (Å²) in [5.74, 6) is 0. The summed E-state index contributed by atoms with van der Waals surface area (Å²) in [6, 6.07) is 7.93. The number of benzene rings is 1. The third-order valence-electron chi connectivity index (χ3n) is 1.30. The molecule has 0 radical (unpaired) electrons. The van der Waals surface area contributed by atoms with Gasteiger partial charge in [-0.1, -0.05) is 18.2 Å². The van der Waals surface area contributed by atoms with Gasteiger partial charge in [-0.2, -0.15) is 0 Å². The molecule has 13 heavy (non-hydrogen) atoms. The molecule has 0 aliphatic heterocycles. The van der Waals surface area contributed by atoms with Crippen molar-refractivity contribution in [3.63, 3.8) is 0 Å². The van der Waals surface area contributed by atoms with E-state index in [4.69, 9.17) is 0 Å². The first-order valence-corrected chi connectivity index (χ1v) is 5.44. The first-order chi connectivity index (χ1) is 5.99. The van der Waals surface area contributed by atoms with E-state index in [0.717, 1.165) is 6.26 Å². The van der Waals surface area contributed by atoms with Crippen LogP contribution in [0.25, 0.3) is 0 Å². The van der Waals surface area contributed by atoms with Crippen LogP contribution in [-0.2, 0) is 10.0 Å². The Bertz CT molecular complexity index is 365. The number of hydrogen-bond acceptors (Lipinski definition) is 2. The van der Waals surface area contributed by atoms with E-state index in [1.54, 1.807) is 23.0 Å². The molecule has 0 saturated heterocycles. The van der Waals surface area contributed by atoms with E-state index >= 15 is 0 Å². The maximum atomic E-state index is 13.1. The lowest BCUT2D eigenvalue weighted by Crippen LogP contribution is -3.07. The topological polar surface area (TPSA) is 50.6 Å². The van der Waals surface area contributed by atoms with Crippen molar-refractivity contribution in [2.75, 3.05) is 6.26 Å². The molecule has 0 aliphatic rings. The van der Waals surface area contributed by atoms with Crippen LogP contribution in [0.4, 0.5) is 10.2 Å². The molecule has 0 heterocycles. The molecular formula is C7H10FN2O2S+. The molecule has 1 aromatic carbocycles. The Morgan fingerprint density at radius 2 is 1.85 bits per heavy atom. The van der Waals surface area contributed by atoms with Gasteiger partial charge in [0.05, 0.1) is 6.26 Å². The van der Waals surface area contributed by atoms with Gasteiger partial charge in [-0.15, -0.1) is 0 Å². The van der Waals surface area contributed by atoms with Gasteiger partial charge in [0.25, 0.3) is 10.0 Å². The van der Waals surface area contributed by atoms with Crippen molar-refractivity contribution in [1.82, 2.24) is 4.83 Å². The van der Waals surface area contributed by atoms with E-state index in [0.29, 0.717) is 0 Å². The van der Waals surface area contributed by atoms with Crippen molar-refractivity contribution in [2.45, 2.75) is 0 Å². The summed E-state index contributed by atoms with van der Waals surface area (Å²) in [4.78, 5) is 1.76. The average Bonchev–Trinajstić information content (AvgIpc) is 2.03. The van der Waals surface area contributed by atoms with Gasteiger partial charge >= 0.3 is 0 Å². The van der Waals surface area contributed by atoms with Crippen LogP contribution in [0.15, 0.2) is 30.3 Å². The monoisotopic (exact) mass is 205 g/mol. The maximum Gasteiger partial charge on any atom is 0.253 e. The fourth-order valence-corrected chi connectivity index (χ4v) is 1.25. The van der Waals surface area contributed by atoms with Crippen molar-refractivity contribution in [3.05, 3.63) is 30.3 Å². The van der Waals surface area contributed by atoms with E-state index in [-0.39, 0.29) is 5.69 Å². The molecule has 1 unspecified atom stereocenters. The third-order valence-corrected chi connectivity index (χ3v) is 1.85. The molecule has 0 bridgehead atoms. The number of hydrogen-bond donors (Lipinski definition) is 2. The quantitative estimate of drug-likeness (QED) is 0.519. The van der Waals surface area contributed by atoms with Crippen LogP contribution >= 0.6 is 0 Å². The van der Waals surface area contributed by atoms with Crippen LogP contribution in [0.2, 0.25) is 0 Å². The fraction of sp³-hybridized carbons (Fsp3) is 0.143. The van der Waals surface area contributed by atoms with Crippen molar-refractivity contribution >= 4 is 15.7 Å². The molecule has 6 heteroatoms. The molecule has 1 atom stereocenters. The number of nitrogens with one attached hydrogen (secondary N) is 2. The Hall–Kier alpha value is -0.980. The summed E-state index contributed by atoms with van der Waals surface area (Å²) in [7, 11) is -3.53. The highest BCUT2D eigenvalue weighted by molar-refractivity contribution is 7.88. The molecule has 0 fully saturated rings. The summed E-state index contributed by atoms with van der Waals surface area (Å²) in [6.45, 7) is 0. The Balaban J connectivity index is 2.76. The molecule has 0 saturated carbocycles. The maximum absolute atomic E-state index is 13.1. The van der Waals surface area contributed by atoms with E-state index in [1.807, 2.05) is 0 Å². The predicted molar refractivity (Wildman–Crippen MR) is 46.2 cm³/mol. The lowest BCUT2D eigenvalue weighted by molar-refractivity contribution is -1.01. The highest BCUT2D eigenvalue weighted by atomic mass is 32.2. The number of para-hydroxylation sites is 1. The van der Waals surface area contributed by atoms with Crippen molar-refractivity contribution in [1.29, 1.82) is 0 Å². The van der Waals surface area contributed by atoms with Gasteiger partial charge in [0.2, 0.25) is 0 Å². The Kier molecular flexibility index (Phi) is 2.97. The van der Waals surface area contributed by atoms with Crippen LogP contribution < -0.4 is 10.1 Å². The van der Waals surface area contributed by atoms with Gasteiger partial charge in [0.15, 0.2) is 5.69 Å². The molecule has 0 spiro atoms. The molecule has 1 rings (SSSR count). The lowest BCUT2D eigenvalue weighted by Gasteiger charge is -2.04. The minimum atomic E-state index is -3.53. The van der Waals surface area contributed by atoms with Gasteiger partial charge in [-0.25, -0.2) is 8.42 Å². The zero-order valence-electron chi connectivity index (χ0n) is 6.99. The summed E-state index contributed by atoms with van der Waals surface area (Å²) in [5.41, 5.74) is 0.216. The van der Waals surface area contributed by atoms with E-state index in [1.165, 1.54) is 12.1 Å². The summed E-state index contributed by atoms with van der Waals surface area (Å²) >= 11 is 0. The van der Waals surface area contributed by atoms with Gasteiger partial charge < -0.3 is 0 Å². The largest absolute Gasteiger partial charge is 0.253 e. The first kappa shape index (κ1) is 10.1. The average molecular weight is 205 g/mol. The number of halogens is 1. The van der Waals surface area contributed by atoms with Crippen molar-refractivity contribution in [3.8, 4) is 0 Å². The highest BCUT2D eigenvalue weighted by Crippen LogP contribution is 1.97. The molecule has 0 amide bonds. The fourth-order valence-electron chi connectivity index (χ4n) is 0.806. The minimum absolute atomic E-state index is 0.216. The van der Waals surface area contributed by atoms with E-state index < -0.39 is 15.3 Å².